The lowest BCUT2D eigenvalue weighted by atomic mass is 10.2. The minimum absolute atomic E-state index is 0.0908. The van der Waals surface area contributed by atoms with Gasteiger partial charge in [0, 0.05) is 19.3 Å². The molecule has 1 N–H and O–H groups in total. The lowest BCUT2D eigenvalue weighted by molar-refractivity contribution is -0.127. The second kappa shape index (κ2) is 4.02. The van der Waals surface area contributed by atoms with E-state index in [2.05, 4.69) is 16.4 Å². The first-order chi connectivity index (χ1) is 8.24. The normalized spacial score (nSPS) is 23.0. The van der Waals surface area contributed by atoms with Crippen molar-refractivity contribution in [1.82, 2.24) is 9.88 Å². The monoisotopic (exact) mass is 231 g/mol. The number of carbonyl (C=O) groups excluding carboxylic acids is 1. The maximum absolute atomic E-state index is 11.8. The highest BCUT2D eigenvalue weighted by molar-refractivity contribution is 5.86. The molecular formula is C13H17N3O. The zero-order valence-corrected chi connectivity index (χ0v) is 10.1. The Bertz CT molecular complexity index is 458. The van der Waals surface area contributed by atoms with Crippen molar-refractivity contribution < 1.29 is 4.79 Å². The van der Waals surface area contributed by atoms with E-state index in [1.807, 2.05) is 13.1 Å². The van der Waals surface area contributed by atoms with Crippen molar-refractivity contribution in [2.45, 2.75) is 31.7 Å². The van der Waals surface area contributed by atoms with Gasteiger partial charge >= 0.3 is 0 Å². The number of pyridine rings is 1. The topological polar surface area (TPSA) is 45.2 Å². The number of likely N-dealkylation sites (tertiary alicyclic amines) is 1. The molecule has 90 valence electrons. The summed E-state index contributed by atoms with van der Waals surface area (Å²) >= 11 is 0. The zero-order chi connectivity index (χ0) is 11.8. The van der Waals surface area contributed by atoms with Gasteiger partial charge in [0.25, 0.3) is 0 Å². The summed E-state index contributed by atoms with van der Waals surface area (Å²) in [7, 11) is 1.85. The van der Waals surface area contributed by atoms with Crippen LogP contribution in [0.5, 0.6) is 0 Å². The summed E-state index contributed by atoms with van der Waals surface area (Å²) in [4.78, 5) is 18.1. The summed E-state index contributed by atoms with van der Waals surface area (Å²) < 4.78 is 0. The van der Waals surface area contributed by atoms with E-state index in [-0.39, 0.29) is 11.9 Å². The third-order valence-electron chi connectivity index (χ3n) is 3.68. The standard InChI is InChI=1S/C13H17N3O/c1-16-8-7-11(13(16)17)15-12-6-5-9-3-2-4-10(9)14-12/h5-6,11H,2-4,7-8H2,1H3,(H,14,15). The van der Waals surface area contributed by atoms with Crippen LogP contribution in [0.25, 0.3) is 0 Å². The summed E-state index contributed by atoms with van der Waals surface area (Å²) in [6.45, 7) is 0.835. The van der Waals surface area contributed by atoms with E-state index in [0.29, 0.717) is 0 Å². The molecule has 1 aromatic heterocycles. The first kappa shape index (κ1) is 10.6. The molecule has 0 bridgehead atoms. The van der Waals surface area contributed by atoms with Crippen LogP contribution in [0, 0.1) is 0 Å². The Morgan fingerprint density at radius 3 is 3.06 bits per heavy atom. The van der Waals surface area contributed by atoms with Crippen LogP contribution in [-0.2, 0) is 17.6 Å². The minimum atomic E-state index is -0.0908. The van der Waals surface area contributed by atoms with Gasteiger partial charge in [-0.2, -0.15) is 0 Å². The number of carbonyl (C=O) groups is 1. The number of anilines is 1. The number of hydrogen-bond donors (Lipinski definition) is 1. The second-order valence-electron chi connectivity index (χ2n) is 4.90. The predicted molar refractivity (Wildman–Crippen MR) is 65.9 cm³/mol. The fourth-order valence-corrected chi connectivity index (χ4v) is 2.64. The molecule has 2 heterocycles. The summed E-state index contributed by atoms with van der Waals surface area (Å²) in [5, 5.41) is 3.25. The van der Waals surface area contributed by atoms with Crippen LogP contribution in [-0.4, -0.2) is 35.4 Å². The van der Waals surface area contributed by atoms with Crippen molar-refractivity contribution >= 4 is 11.7 Å². The Kier molecular flexibility index (Phi) is 2.50. The van der Waals surface area contributed by atoms with E-state index in [1.165, 1.54) is 17.7 Å². The van der Waals surface area contributed by atoms with Crippen LogP contribution < -0.4 is 5.32 Å². The molecule has 1 atom stereocenters. The van der Waals surface area contributed by atoms with E-state index < -0.39 is 0 Å². The minimum Gasteiger partial charge on any atom is -0.358 e. The van der Waals surface area contributed by atoms with Crippen LogP contribution in [0.4, 0.5) is 5.82 Å². The molecule has 4 nitrogen and oxygen atoms in total. The van der Waals surface area contributed by atoms with Gasteiger partial charge in [-0.1, -0.05) is 6.07 Å². The third-order valence-corrected chi connectivity index (χ3v) is 3.68. The number of fused-ring (bicyclic) bond motifs is 1. The first-order valence-corrected chi connectivity index (χ1v) is 6.24. The largest absolute Gasteiger partial charge is 0.358 e. The number of aryl methyl sites for hydroxylation is 2. The van der Waals surface area contributed by atoms with Gasteiger partial charge in [-0.25, -0.2) is 4.98 Å². The van der Waals surface area contributed by atoms with Crippen LogP contribution >= 0.6 is 0 Å². The Morgan fingerprint density at radius 2 is 2.29 bits per heavy atom. The molecule has 0 spiro atoms. The quantitative estimate of drug-likeness (QED) is 0.832. The van der Waals surface area contributed by atoms with Crippen molar-refractivity contribution in [2.75, 3.05) is 18.9 Å². The highest BCUT2D eigenvalue weighted by atomic mass is 16.2. The van der Waals surface area contributed by atoms with Gasteiger partial charge in [-0.15, -0.1) is 0 Å². The number of amides is 1. The summed E-state index contributed by atoms with van der Waals surface area (Å²) in [5.41, 5.74) is 2.57. The van der Waals surface area contributed by atoms with Gasteiger partial charge in [0.1, 0.15) is 11.9 Å². The van der Waals surface area contributed by atoms with Gasteiger partial charge in [0.05, 0.1) is 0 Å². The molecule has 0 saturated carbocycles. The van der Waals surface area contributed by atoms with Gasteiger partial charge in [-0.05, 0) is 37.3 Å². The van der Waals surface area contributed by atoms with Gasteiger partial charge in [-0.3, -0.25) is 4.79 Å². The number of nitrogens with zero attached hydrogens (tertiary/aromatic N) is 2. The SMILES string of the molecule is CN1CCC(Nc2ccc3c(n2)CCC3)C1=O. The second-order valence-corrected chi connectivity index (χ2v) is 4.90. The smallest absolute Gasteiger partial charge is 0.244 e. The molecule has 3 rings (SSSR count). The fraction of sp³-hybridized carbons (Fsp3) is 0.538. The van der Waals surface area contributed by atoms with E-state index in [9.17, 15) is 4.79 Å². The van der Waals surface area contributed by atoms with Gasteiger partial charge in [0.2, 0.25) is 5.91 Å². The molecule has 1 saturated heterocycles. The molecule has 4 heteroatoms. The van der Waals surface area contributed by atoms with E-state index in [4.69, 9.17) is 0 Å². The number of likely N-dealkylation sites (N-methyl/N-ethyl adjacent to an activating group) is 1. The number of hydrogen-bond acceptors (Lipinski definition) is 3. The first-order valence-electron chi connectivity index (χ1n) is 6.24. The van der Waals surface area contributed by atoms with Gasteiger partial charge < -0.3 is 10.2 Å². The average Bonchev–Trinajstić information content (AvgIpc) is 2.90. The predicted octanol–water partition coefficient (Wildman–Crippen LogP) is 1.21. The van der Waals surface area contributed by atoms with Gasteiger partial charge in [0.15, 0.2) is 0 Å². The molecule has 2 aliphatic rings. The zero-order valence-electron chi connectivity index (χ0n) is 10.1. The maximum atomic E-state index is 11.8. The average molecular weight is 231 g/mol. The molecule has 17 heavy (non-hydrogen) atoms. The molecule has 1 unspecified atom stereocenters. The van der Waals surface area contributed by atoms with E-state index >= 15 is 0 Å². The van der Waals surface area contributed by atoms with Crippen LogP contribution in [0.2, 0.25) is 0 Å². The number of rotatable bonds is 2. The Hall–Kier alpha value is -1.58. The molecule has 1 amide bonds. The number of nitrogens with one attached hydrogen (secondary N) is 1. The molecule has 0 aromatic carbocycles. The molecule has 1 aromatic rings. The van der Waals surface area contributed by atoms with Crippen LogP contribution in [0.3, 0.4) is 0 Å². The Balaban J connectivity index is 1.75. The molecular weight excluding hydrogens is 214 g/mol. The number of aromatic nitrogens is 1. The Labute approximate surface area is 101 Å². The van der Waals surface area contributed by atoms with Crippen molar-refractivity contribution in [2.24, 2.45) is 0 Å². The highest BCUT2D eigenvalue weighted by Gasteiger charge is 2.29. The lowest BCUT2D eigenvalue weighted by Crippen LogP contribution is -2.31. The molecule has 0 radical (unpaired) electrons. The van der Waals surface area contributed by atoms with Crippen LogP contribution in [0.1, 0.15) is 24.1 Å². The van der Waals surface area contributed by atoms with E-state index in [0.717, 1.165) is 31.6 Å². The molecule has 1 fully saturated rings. The Morgan fingerprint density at radius 1 is 1.41 bits per heavy atom. The fourth-order valence-electron chi connectivity index (χ4n) is 2.64. The lowest BCUT2D eigenvalue weighted by Gasteiger charge is -2.13. The van der Waals surface area contributed by atoms with Crippen molar-refractivity contribution in [1.29, 1.82) is 0 Å². The summed E-state index contributed by atoms with van der Waals surface area (Å²) in [6.07, 6.45) is 4.29. The van der Waals surface area contributed by atoms with Crippen LogP contribution in [0.15, 0.2) is 12.1 Å². The third kappa shape index (κ3) is 1.88. The van der Waals surface area contributed by atoms with E-state index in [1.54, 1.807) is 4.90 Å². The molecule has 1 aliphatic carbocycles. The maximum Gasteiger partial charge on any atom is 0.244 e. The highest BCUT2D eigenvalue weighted by Crippen LogP contribution is 2.22. The van der Waals surface area contributed by atoms with Crippen molar-refractivity contribution in [3.05, 3.63) is 23.4 Å². The van der Waals surface area contributed by atoms with Crippen molar-refractivity contribution in [3.63, 3.8) is 0 Å². The van der Waals surface area contributed by atoms with Crippen molar-refractivity contribution in [3.8, 4) is 0 Å². The summed E-state index contributed by atoms with van der Waals surface area (Å²) in [5.74, 6) is 1.02. The molecule has 1 aliphatic heterocycles. The summed E-state index contributed by atoms with van der Waals surface area (Å²) in [6, 6.07) is 4.04.